The van der Waals surface area contributed by atoms with E-state index in [-0.39, 0.29) is 18.0 Å². The van der Waals surface area contributed by atoms with E-state index in [1.54, 1.807) is 23.6 Å². The predicted molar refractivity (Wildman–Crippen MR) is 135 cm³/mol. The van der Waals surface area contributed by atoms with Crippen molar-refractivity contribution >= 4 is 27.5 Å². The average Bonchev–Trinajstić information content (AvgIpc) is 3.34. The van der Waals surface area contributed by atoms with Gasteiger partial charge in [0.15, 0.2) is 0 Å². The van der Waals surface area contributed by atoms with Gasteiger partial charge in [0, 0.05) is 32.7 Å². The maximum Gasteiger partial charge on any atom is 0.336 e. The topological polar surface area (TPSA) is 67.6 Å². The number of thiophene rings is 1. The Morgan fingerprint density at radius 2 is 1.62 bits per heavy atom. The number of amides is 1. The van der Waals surface area contributed by atoms with Crippen molar-refractivity contribution < 1.29 is 4.79 Å². The summed E-state index contributed by atoms with van der Waals surface area (Å²) in [5.74, 6) is -0.107. The van der Waals surface area contributed by atoms with Gasteiger partial charge >= 0.3 is 5.69 Å². The molecule has 0 spiro atoms. The van der Waals surface area contributed by atoms with Gasteiger partial charge in [0.1, 0.15) is 11.2 Å². The molecule has 3 heterocycles. The maximum absolute atomic E-state index is 13.5. The molecule has 0 N–H and O–H groups in total. The molecule has 4 aromatic rings. The largest absolute Gasteiger partial charge is 0.339 e. The van der Waals surface area contributed by atoms with Crippen LogP contribution >= 0.6 is 11.3 Å². The van der Waals surface area contributed by atoms with Crippen LogP contribution in [0.3, 0.4) is 0 Å². The van der Waals surface area contributed by atoms with Crippen molar-refractivity contribution in [1.82, 2.24) is 18.9 Å². The molecule has 174 valence electrons. The van der Waals surface area contributed by atoms with E-state index in [1.807, 2.05) is 42.2 Å². The van der Waals surface area contributed by atoms with Crippen LogP contribution in [0, 0.1) is 6.92 Å². The normalized spacial score (nSPS) is 14.6. The fraction of sp³-hybridized carbons (Fsp3) is 0.269. The number of fused-ring (bicyclic) bond motifs is 1. The number of hydrogen-bond acceptors (Lipinski definition) is 5. The lowest BCUT2D eigenvalue weighted by atomic mass is 10.2. The van der Waals surface area contributed by atoms with E-state index in [9.17, 15) is 14.4 Å². The molecule has 0 saturated carbocycles. The zero-order valence-corrected chi connectivity index (χ0v) is 19.8. The highest BCUT2D eigenvalue weighted by atomic mass is 32.1. The van der Waals surface area contributed by atoms with Crippen LogP contribution in [0.5, 0.6) is 0 Å². The molecular weight excluding hydrogens is 448 g/mol. The van der Waals surface area contributed by atoms with Crippen molar-refractivity contribution in [2.24, 2.45) is 0 Å². The van der Waals surface area contributed by atoms with Crippen molar-refractivity contribution in [2.45, 2.75) is 20.0 Å². The Bertz CT molecular complexity index is 1450. The van der Waals surface area contributed by atoms with Crippen LogP contribution in [0.25, 0.3) is 15.9 Å². The molecule has 1 aliphatic heterocycles. The van der Waals surface area contributed by atoms with Crippen LogP contribution in [0.15, 0.2) is 75.6 Å². The summed E-state index contributed by atoms with van der Waals surface area (Å²) < 4.78 is 3.11. The van der Waals surface area contributed by atoms with Gasteiger partial charge in [-0.15, -0.1) is 11.3 Å². The lowest BCUT2D eigenvalue weighted by Gasteiger charge is -2.35. The van der Waals surface area contributed by atoms with E-state index in [0.29, 0.717) is 29.0 Å². The smallest absolute Gasteiger partial charge is 0.336 e. The Labute approximate surface area is 201 Å². The number of nitrogens with zero attached hydrogens (tertiary/aromatic N) is 4. The Morgan fingerprint density at radius 3 is 2.35 bits per heavy atom. The van der Waals surface area contributed by atoms with Crippen LogP contribution in [0.2, 0.25) is 0 Å². The second kappa shape index (κ2) is 9.40. The summed E-state index contributed by atoms with van der Waals surface area (Å²) in [5.41, 5.74) is 2.31. The van der Waals surface area contributed by atoms with Crippen LogP contribution in [0.1, 0.15) is 11.1 Å². The molecule has 1 fully saturated rings. The first-order valence-corrected chi connectivity index (χ1v) is 12.2. The Morgan fingerprint density at radius 1 is 0.912 bits per heavy atom. The molecule has 0 aliphatic carbocycles. The Kier molecular flexibility index (Phi) is 6.17. The van der Waals surface area contributed by atoms with Crippen molar-refractivity contribution in [1.29, 1.82) is 0 Å². The van der Waals surface area contributed by atoms with E-state index in [1.165, 1.54) is 26.0 Å². The third-order valence-electron chi connectivity index (χ3n) is 6.38. The van der Waals surface area contributed by atoms with Gasteiger partial charge < -0.3 is 4.90 Å². The van der Waals surface area contributed by atoms with E-state index >= 15 is 0 Å². The molecule has 1 aliphatic rings. The van der Waals surface area contributed by atoms with Crippen molar-refractivity contribution in [3.8, 4) is 5.69 Å². The summed E-state index contributed by atoms with van der Waals surface area (Å²) in [6, 6.07) is 19.3. The molecule has 5 rings (SSSR count). The fourth-order valence-electron chi connectivity index (χ4n) is 4.50. The molecule has 0 bridgehead atoms. The standard InChI is InChI=1S/C26H26N4O3S/c1-19-7-5-6-10-21(19)30-25(32)24-22(11-16-34-24)29(26(30)33)18-23(31)28-14-12-27(13-15-28)17-20-8-3-2-4-9-20/h2-11,16H,12-15,17-18H2,1H3. The van der Waals surface area contributed by atoms with Gasteiger partial charge in [0.2, 0.25) is 5.91 Å². The number of rotatable bonds is 5. The minimum Gasteiger partial charge on any atom is -0.339 e. The van der Waals surface area contributed by atoms with E-state index < -0.39 is 5.69 Å². The molecule has 34 heavy (non-hydrogen) atoms. The zero-order chi connectivity index (χ0) is 23.7. The number of para-hydroxylation sites is 1. The number of aryl methyl sites for hydroxylation is 1. The van der Waals surface area contributed by atoms with Gasteiger partial charge in [0.05, 0.1) is 11.2 Å². The van der Waals surface area contributed by atoms with Crippen molar-refractivity contribution in [2.75, 3.05) is 26.2 Å². The van der Waals surface area contributed by atoms with E-state index in [4.69, 9.17) is 0 Å². The van der Waals surface area contributed by atoms with Crippen LogP contribution in [0.4, 0.5) is 0 Å². The molecule has 0 atom stereocenters. The van der Waals surface area contributed by atoms with Gasteiger partial charge in [-0.3, -0.25) is 19.1 Å². The minimum absolute atomic E-state index is 0.0864. The molecule has 0 radical (unpaired) electrons. The zero-order valence-electron chi connectivity index (χ0n) is 19.0. The maximum atomic E-state index is 13.5. The van der Waals surface area contributed by atoms with E-state index in [0.717, 1.165) is 25.2 Å². The monoisotopic (exact) mass is 474 g/mol. The van der Waals surface area contributed by atoms with Crippen LogP contribution in [-0.2, 0) is 17.9 Å². The summed E-state index contributed by atoms with van der Waals surface area (Å²) >= 11 is 1.29. The van der Waals surface area contributed by atoms with Gasteiger partial charge in [-0.2, -0.15) is 0 Å². The third-order valence-corrected chi connectivity index (χ3v) is 7.27. The summed E-state index contributed by atoms with van der Waals surface area (Å²) in [6.07, 6.45) is 0. The molecule has 7 nitrogen and oxygen atoms in total. The first-order chi connectivity index (χ1) is 16.5. The number of hydrogen-bond donors (Lipinski definition) is 0. The molecule has 1 saturated heterocycles. The molecule has 2 aromatic carbocycles. The third kappa shape index (κ3) is 4.22. The molecule has 0 unspecified atom stereocenters. The number of aromatic nitrogens is 2. The fourth-order valence-corrected chi connectivity index (χ4v) is 5.32. The summed E-state index contributed by atoms with van der Waals surface area (Å²) in [6.45, 7) is 5.44. The summed E-state index contributed by atoms with van der Waals surface area (Å²) in [7, 11) is 0. The second-order valence-corrected chi connectivity index (χ2v) is 9.49. The SMILES string of the molecule is Cc1ccccc1-n1c(=O)c2sccc2n(CC(=O)N2CCN(Cc3ccccc3)CC2)c1=O. The minimum atomic E-state index is -0.485. The number of piperazine rings is 1. The average molecular weight is 475 g/mol. The van der Waals surface area contributed by atoms with Crippen molar-refractivity contribution in [3.63, 3.8) is 0 Å². The molecular formula is C26H26N4O3S. The van der Waals surface area contributed by atoms with Gasteiger partial charge in [-0.05, 0) is 35.6 Å². The van der Waals surface area contributed by atoms with Gasteiger partial charge in [0.25, 0.3) is 5.56 Å². The highest BCUT2D eigenvalue weighted by molar-refractivity contribution is 7.17. The van der Waals surface area contributed by atoms with E-state index in [2.05, 4.69) is 17.0 Å². The van der Waals surface area contributed by atoms with Gasteiger partial charge in [-0.25, -0.2) is 9.36 Å². The lowest BCUT2D eigenvalue weighted by molar-refractivity contribution is -0.133. The Hall–Kier alpha value is -3.49. The number of benzene rings is 2. The molecule has 8 heteroatoms. The number of carbonyl (C=O) groups excluding carboxylic acids is 1. The van der Waals surface area contributed by atoms with Crippen molar-refractivity contribution in [3.05, 3.63) is 98.0 Å². The lowest BCUT2D eigenvalue weighted by Crippen LogP contribution is -2.50. The quantitative estimate of drug-likeness (QED) is 0.446. The van der Waals surface area contributed by atoms with Gasteiger partial charge in [-0.1, -0.05) is 48.5 Å². The van der Waals surface area contributed by atoms with Crippen LogP contribution < -0.4 is 11.2 Å². The summed E-state index contributed by atoms with van der Waals surface area (Å²) in [4.78, 5) is 44.0. The molecule has 2 aromatic heterocycles. The van der Waals surface area contributed by atoms with Crippen LogP contribution in [-0.4, -0.2) is 51.0 Å². The highest BCUT2D eigenvalue weighted by Gasteiger charge is 2.24. The first-order valence-electron chi connectivity index (χ1n) is 11.4. The number of carbonyl (C=O) groups is 1. The first kappa shape index (κ1) is 22.3. The second-order valence-electron chi connectivity index (χ2n) is 8.57. The Balaban J connectivity index is 1.39. The predicted octanol–water partition coefficient (Wildman–Crippen LogP) is 2.87. The highest BCUT2D eigenvalue weighted by Crippen LogP contribution is 2.18. The molecule has 1 amide bonds. The summed E-state index contributed by atoms with van der Waals surface area (Å²) in [5, 5.41) is 1.79.